The molecule has 0 bridgehead atoms. The number of ether oxygens (including phenoxy) is 3. The van der Waals surface area contributed by atoms with Crippen LogP contribution in [0.5, 0.6) is 11.5 Å². The van der Waals surface area contributed by atoms with Crippen LogP contribution in [0.2, 0.25) is 0 Å². The summed E-state index contributed by atoms with van der Waals surface area (Å²) in [4.78, 5) is 26.7. The zero-order chi connectivity index (χ0) is 34.1. The number of carbonyl (C=O) groups excluding carboxylic acids is 1. The molecule has 4 aromatic rings. The van der Waals surface area contributed by atoms with Gasteiger partial charge in [-0.1, -0.05) is 54.6 Å². The van der Waals surface area contributed by atoms with E-state index in [0.717, 1.165) is 12.1 Å². The lowest BCUT2D eigenvalue weighted by Crippen LogP contribution is -2.61. The number of halogens is 1. The first-order valence-electron chi connectivity index (χ1n) is 15.0. The Hall–Kier alpha value is -4.89. The molecule has 0 radical (unpaired) electrons. The van der Waals surface area contributed by atoms with Crippen molar-refractivity contribution >= 4 is 17.6 Å². The Labute approximate surface area is 273 Å². The fraction of sp³-hybridized carbons (Fsp3) is 0.257. The molecule has 250 valence electrons. The maximum atomic E-state index is 13.8. The predicted molar refractivity (Wildman–Crippen MR) is 166 cm³/mol. The van der Waals surface area contributed by atoms with Crippen molar-refractivity contribution in [3.05, 3.63) is 114 Å². The lowest BCUT2D eigenvalue weighted by molar-refractivity contribution is -0.309. The molecule has 2 fully saturated rings. The number of para-hydroxylation sites is 1. The van der Waals surface area contributed by atoms with Crippen LogP contribution in [0.1, 0.15) is 23.3 Å². The molecule has 0 aliphatic carbocycles. The van der Waals surface area contributed by atoms with Gasteiger partial charge in [0.05, 0.1) is 6.61 Å². The molecular formula is C35H32FNO11. The van der Waals surface area contributed by atoms with Crippen LogP contribution in [0.15, 0.2) is 97.1 Å². The van der Waals surface area contributed by atoms with Gasteiger partial charge in [-0.3, -0.25) is 9.69 Å². The van der Waals surface area contributed by atoms with Crippen LogP contribution < -0.4 is 4.90 Å². The first kappa shape index (κ1) is 33.0. The first-order chi connectivity index (χ1) is 23.0. The topological polar surface area (TPSA) is 186 Å². The molecule has 1 amide bonds. The lowest BCUT2D eigenvalue weighted by Gasteiger charge is -2.47. The second-order valence-electron chi connectivity index (χ2n) is 11.5. The number of hydrogen-bond donors (Lipinski definition) is 6. The van der Waals surface area contributed by atoms with E-state index < -0.39 is 73.3 Å². The van der Waals surface area contributed by atoms with E-state index in [2.05, 4.69) is 0 Å². The average Bonchev–Trinajstić information content (AvgIpc) is 3.07. The third kappa shape index (κ3) is 6.47. The van der Waals surface area contributed by atoms with Gasteiger partial charge in [0, 0.05) is 11.3 Å². The summed E-state index contributed by atoms with van der Waals surface area (Å²) in [6.07, 6.45) is -11.8. The van der Waals surface area contributed by atoms with Gasteiger partial charge in [-0.2, -0.15) is 0 Å². The number of benzene rings is 4. The molecule has 6 rings (SSSR count). The average molecular weight is 662 g/mol. The quantitative estimate of drug-likeness (QED) is 0.137. The van der Waals surface area contributed by atoms with Gasteiger partial charge in [-0.25, -0.2) is 9.18 Å². The van der Waals surface area contributed by atoms with Crippen molar-refractivity contribution in [2.75, 3.05) is 11.5 Å². The number of nitrogens with zero attached hydrogens (tertiary/aromatic N) is 1. The number of hydrogen-bond acceptors (Lipinski definition) is 10. The number of aliphatic hydroxyl groups excluding tert-OH is 3. The van der Waals surface area contributed by atoms with E-state index in [1.165, 1.54) is 29.2 Å². The molecule has 6 N–H and O–H groups in total. The Morgan fingerprint density at radius 3 is 2.23 bits per heavy atom. The number of carboxylic acids is 1. The summed E-state index contributed by atoms with van der Waals surface area (Å²) in [6, 6.07) is 24.3. The number of carbonyl (C=O) groups is 2. The monoisotopic (exact) mass is 661 g/mol. The van der Waals surface area contributed by atoms with E-state index in [9.17, 15) is 44.6 Å². The van der Waals surface area contributed by atoms with Crippen LogP contribution in [-0.2, 0) is 23.8 Å². The van der Waals surface area contributed by atoms with E-state index in [1.807, 2.05) is 0 Å². The summed E-state index contributed by atoms with van der Waals surface area (Å²) in [6.45, 7) is -0.397. The summed E-state index contributed by atoms with van der Waals surface area (Å²) in [5, 5.41) is 61.5. The number of anilines is 1. The van der Waals surface area contributed by atoms with Crippen molar-refractivity contribution < 1.29 is 58.8 Å². The third-order valence-electron chi connectivity index (χ3n) is 8.39. The fourth-order valence-corrected chi connectivity index (χ4v) is 5.87. The number of phenols is 2. The van der Waals surface area contributed by atoms with E-state index in [4.69, 9.17) is 14.2 Å². The van der Waals surface area contributed by atoms with E-state index in [1.54, 1.807) is 60.7 Å². The van der Waals surface area contributed by atoms with Crippen molar-refractivity contribution in [2.24, 2.45) is 0 Å². The largest absolute Gasteiger partial charge is 0.508 e. The summed E-state index contributed by atoms with van der Waals surface area (Å²) in [5.74, 6) is -2.69. The molecule has 13 heteroatoms. The molecule has 2 aliphatic rings. The Morgan fingerprint density at radius 2 is 1.56 bits per heavy atom. The zero-order valence-corrected chi connectivity index (χ0v) is 25.1. The van der Waals surface area contributed by atoms with Gasteiger partial charge in [0.1, 0.15) is 47.8 Å². The molecule has 12 nitrogen and oxygen atoms in total. The number of phenolic OH excluding ortho intramolecular Hbond substituents is 2. The minimum Gasteiger partial charge on any atom is -0.508 e. The SMILES string of the molecule is O=C(O)C1O[C@@H](O[C@@H](CO[C@H]2C(=O)N(c3ccccc3)[C@@H]2c2ccc(-c3cccc(O)c3)cc2O)c2ccc(F)cc2)C(O)[C@@H](O)[C@@H]1O. The van der Waals surface area contributed by atoms with Crippen LogP contribution in [0, 0.1) is 5.82 Å². The highest BCUT2D eigenvalue weighted by Gasteiger charge is 2.52. The molecule has 4 aromatic carbocycles. The van der Waals surface area contributed by atoms with Crippen molar-refractivity contribution in [1.29, 1.82) is 0 Å². The molecule has 0 spiro atoms. The van der Waals surface area contributed by atoms with E-state index in [-0.39, 0.29) is 11.5 Å². The van der Waals surface area contributed by atoms with Gasteiger partial charge in [-0.15, -0.1) is 0 Å². The molecule has 8 atom stereocenters. The number of rotatable bonds is 10. The van der Waals surface area contributed by atoms with Crippen LogP contribution in [0.25, 0.3) is 11.1 Å². The van der Waals surface area contributed by atoms with Gasteiger partial charge in [0.2, 0.25) is 0 Å². The maximum absolute atomic E-state index is 13.8. The molecule has 48 heavy (non-hydrogen) atoms. The summed E-state index contributed by atoms with van der Waals surface area (Å²) >= 11 is 0. The highest BCUT2D eigenvalue weighted by atomic mass is 19.1. The smallest absolute Gasteiger partial charge is 0.335 e. The molecule has 0 aromatic heterocycles. The van der Waals surface area contributed by atoms with Crippen molar-refractivity contribution in [3.63, 3.8) is 0 Å². The van der Waals surface area contributed by atoms with Gasteiger partial charge < -0.3 is 44.8 Å². The highest BCUT2D eigenvalue weighted by molar-refractivity contribution is 6.05. The second kappa shape index (κ2) is 13.7. The molecule has 2 aliphatic heterocycles. The molecule has 2 saturated heterocycles. The number of carboxylic acid groups (broad SMARTS) is 1. The van der Waals surface area contributed by atoms with Crippen LogP contribution in [-0.4, -0.2) is 85.9 Å². The first-order valence-corrected chi connectivity index (χ1v) is 15.0. The maximum Gasteiger partial charge on any atom is 0.335 e. The predicted octanol–water partition coefficient (Wildman–Crippen LogP) is 3.03. The lowest BCUT2D eigenvalue weighted by atomic mass is 9.88. The fourth-order valence-electron chi connectivity index (χ4n) is 5.87. The minimum atomic E-state index is -1.94. The zero-order valence-electron chi connectivity index (χ0n) is 25.1. The van der Waals surface area contributed by atoms with Gasteiger partial charge in [-0.05, 0) is 59.2 Å². The number of aliphatic carboxylic acids is 1. The van der Waals surface area contributed by atoms with Crippen molar-refractivity contribution in [3.8, 4) is 22.6 Å². The highest BCUT2D eigenvalue weighted by Crippen LogP contribution is 2.45. The number of β-lactam (4-membered cyclic amide) rings is 1. The molecule has 2 heterocycles. The van der Waals surface area contributed by atoms with Crippen LogP contribution in [0.4, 0.5) is 10.1 Å². The third-order valence-corrected chi connectivity index (χ3v) is 8.39. The molecule has 2 unspecified atom stereocenters. The summed E-state index contributed by atoms with van der Waals surface area (Å²) in [7, 11) is 0. The number of amides is 1. The minimum absolute atomic E-state index is 0.0533. The summed E-state index contributed by atoms with van der Waals surface area (Å²) < 4.78 is 31.1. The summed E-state index contributed by atoms with van der Waals surface area (Å²) in [5.41, 5.74) is 2.48. The van der Waals surface area contributed by atoms with Crippen LogP contribution >= 0.6 is 0 Å². The van der Waals surface area contributed by atoms with Gasteiger partial charge >= 0.3 is 5.97 Å². The normalized spacial score (nSPS) is 26.1. The van der Waals surface area contributed by atoms with Gasteiger partial charge in [0.15, 0.2) is 18.5 Å². The van der Waals surface area contributed by atoms with Crippen molar-refractivity contribution in [1.82, 2.24) is 0 Å². The number of aliphatic hydroxyl groups is 3. The molecule has 0 saturated carbocycles. The van der Waals surface area contributed by atoms with Gasteiger partial charge in [0.25, 0.3) is 5.91 Å². The Kier molecular flexibility index (Phi) is 9.42. The standard InChI is InChI=1S/C35H32FNO11/c36-21-12-9-18(10-13-21)26(47-35-30(42)28(40)29(41)32(48-35)34(44)45)17-46-31-27(37(33(31)43)22-6-2-1-3-7-22)24-14-11-20(16-25(24)39)19-5-4-8-23(38)15-19/h1-16,26-32,35,38-42H,17H2,(H,44,45)/t26-,27+,28-,29-,30?,31+,32?,35+/m0/s1. The Morgan fingerprint density at radius 1 is 0.854 bits per heavy atom. The second-order valence-corrected chi connectivity index (χ2v) is 11.5. The van der Waals surface area contributed by atoms with Crippen molar-refractivity contribution in [2.45, 2.75) is 49.0 Å². The van der Waals surface area contributed by atoms with E-state index >= 15 is 0 Å². The van der Waals surface area contributed by atoms with Crippen LogP contribution in [0.3, 0.4) is 0 Å². The van der Waals surface area contributed by atoms with E-state index in [0.29, 0.717) is 27.9 Å². The Balaban J connectivity index is 1.29. The Bertz CT molecular complexity index is 1770. The number of aromatic hydroxyl groups is 2. The molecular weight excluding hydrogens is 629 g/mol.